The van der Waals surface area contributed by atoms with Crippen LogP contribution in [-0.2, 0) is 0 Å². The van der Waals surface area contributed by atoms with Crippen molar-refractivity contribution < 1.29 is 18.3 Å². The number of hydrogen-bond donors (Lipinski definition) is 2. The maximum Gasteiger partial charge on any atom is 0.295 e. The van der Waals surface area contributed by atoms with Gasteiger partial charge in [0.15, 0.2) is 11.0 Å². The minimum absolute atomic E-state index is 0.313. The van der Waals surface area contributed by atoms with Crippen LogP contribution in [0.5, 0.6) is 5.75 Å². The van der Waals surface area contributed by atoms with Crippen LogP contribution in [0.3, 0.4) is 0 Å². The fourth-order valence-electron chi connectivity index (χ4n) is 2.86. The standard InChI is InChI=1S/C20H16F2N4O2S/c1-2-28-16-6-4-3-5-12(16)15-10-29-20(25-15)26-19(27)11-7-8-13-14(9-11)24-18(23-13)17(21)22/h3-10,17H,2H2,1H3,(H,23,24)(H,25,26,27). The third-order valence-corrected chi connectivity index (χ3v) is 4.91. The molecule has 0 fully saturated rings. The number of ether oxygens (including phenoxy) is 1. The van der Waals surface area contributed by atoms with Crippen LogP contribution in [-0.4, -0.2) is 27.5 Å². The Morgan fingerprint density at radius 2 is 2.07 bits per heavy atom. The molecule has 2 heterocycles. The van der Waals surface area contributed by atoms with Crippen molar-refractivity contribution >= 4 is 33.4 Å². The lowest BCUT2D eigenvalue weighted by Gasteiger charge is -2.07. The predicted molar refractivity (Wildman–Crippen MR) is 108 cm³/mol. The molecule has 0 aliphatic heterocycles. The van der Waals surface area contributed by atoms with Gasteiger partial charge in [0, 0.05) is 16.5 Å². The van der Waals surface area contributed by atoms with Gasteiger partial charge in [-0.3, -0.25) is 10.1 Å². The highest BCUT2D eigenvalue weighted by Gasteiger charge is 2.16. The van der Waals surface area contributed by atoms with E-state index in [0.29, 0.717) is 34.0 Å². The highest BCUT2D eigenvalue weighted by molar-refractivity contribution is 7.14. The predicted octanol–water partition coefficient (Wildman–Crippen LogP) is 5.28. The van der Waals surface area contributed by atoms with Crippen LogP contribution in [0.1, 0.15) is 29.5 Å². The lowest BCUT2D eigenvalue weighted by molar-refractivity contribution is 0.102. The van der Waals surface area contributed by atoms with E-state index in [4.69, 9.17) is 4.74 Å². The van der Waals surface area contributed by atoms with E-state index in [0.717, 1.165) is 11.3 Å². The Morgan fingerprint density at radius 3 is 2.86 bits per heavy atom. The van der Waals surface area contributed by atoms with Crippen molar-refractivity contribution in [2.75, 3.05) is 11.9 Å². The number of anilines is 1. The maximum absolute atomic E-state index is 12.8. The number of fused-ring (bicyclic) bond motifs is 1. The second-order valence-electron chi connectivity index (χ2n) is 6.08. The molecule has 0 spiro atoms. The number of H-pyrrole nitrogens is 1. The van der Waals surface area contributed by atoms with Crippen molar-refractivity contribution in [1.82, 2.24) is 15.0 Å². The highest BCUT2D eigenvalue weighted by atomic mass is 32.1. The van der Waals surface area contributed by atoms with E-state index in [1.54, 1.807) is 0 Å². The number of thiazole rings is 1. The fourth-order valence-corrected chi connectivity index (χ4v) is 3.56. The smallest absolute Gasteiger partial charge is 0.295 e. The van der Waals surface area contributed by atoms with Gasteiger partial charge in [0.1, 0.15) is 5.75 Å². The number of para-hydroxylation sites is 1. The first-order chi connectivity index (χ1) is 14.0. The molecule has 0 unspecified atom stereocenters. The number of aromatic nitrogens is 3. The average molecular weight is 414 g/mol. The van der Waals surface area contributed by atoms with E-state index >= 15 is 0 Å². The minimum Gasteiger partial charge on any atom is -0.493 e. The zero-order chi connectivity index (χ0) is 20.4. The molecule has 4 aromatic rings. The van der Waals surface area contributed by atoms with Gasteiger partial charge in [-0.25, -0.2) is 18.7 Å². The molecule has 0 aliphatic carbocycles. The van der Waals surface area contributed by atoms with Crippen LogP contribution < -0.4 is 10.1 Å². The Bertz CT molecular complexity index is 1170. The number of alkyl halides is 2. The molecule has 1 amide bonds. The lowest BCUT2D eigenvalue weighted by Crippen LogP contribution is -2.11. The first-order valence-corrected chi connectivity index (χ1v) is 9.70. The SMILES string of the molecule is CCOc1ccccc1-c1csc(NC(=O)c2ccc3nc(C(F)F)[nH]c3c2)n1. The van der Waals surface area contributed by atoms with Crippen LogP contribution in [0.2, 0.25) is 0 Å². The molecular weight excluding hydrogens is 398 g/mol. The molecule has 0 bridgehead atoms. The Morgan fingerprint density at radius 1 is 1.24 bits per heavy atom. The summed E-state index contributed by atoms with van der Waals surface area (Å²) in [5, 5.41) is 5.00. The second-order valence-corrected chi connectivity index (χ2v) is 6.93. The normalized spacial score (nSPS) is 11.2. The molecule has 6 nitrogen and oxygen atoms in total. The van der Waals surface area contributed by atoms with Crippen molar-refractivity contribution in [3.05, 3.63) is 59.2 Å². The number of nitrogens with one attached hydrogen (secondary N) is 2. The van der Waals surface area contributed by atoms with Crippen LogP contribution in [0, 0.1) is 0 Å². The van der Waals surface area contributed by atoms with E-state index in [1.807, 2.05) is 36.6 Å². The summed E-state index contributed by atoms with van der Waals surface area (Å²) in [6, 6.07) is 12.1. The van der Waals surface area contributed by atoms with Crippen LogP contribution in [0.25, 0.3) is 22.3 Å². The van der Waals surface area contributed by atoms with Gasteiger partial charge < -0.3 is 9.72 Å². The van der Waals surface area contributed by atoms with Crippen LogP contribution in [0.4, 0.5) is 13.9 Å². The summed E-state index contributed by atoms with van der Waals surface area (Å²) in [5.41, 5.74) is 2.59. The zero-order valence-electron chi connectivity index (χ0n) is 15.3. The molecule has 9 heteroatoms. The summed E-state index contributed by atoms with van der Waals surface area (Å²) in [4.78, 5) is 23.4. The molecule has 0 radical (unpaired) electrons. The first kappa shape index (κ1) is 19.0. The Labute approximate surface area is 168 Å². The van der Waals surface area contributed by atoms with Crippen molar-refractivity contribution in [3.63, 3.8) is 0 Å². The number of nitrogens with zero attached hydrogens (tertiary/aromatic N) is 2. The molecule has 2 N–H and O–H groups in total. The van der Waals surface area contributed by atoms with E-state index in [9.17, 15) is 13.6 Å². The summed E-state index contributed by atoms with van der Waals surface area (Å²) in [6.07, 6.45) is -2.70. The van der Waals surface area contributed by atoms with Crippen LogP contribution in [0.15, 0.2) is 47.8 Å². The maximum atomic E-state index is 12.8. The number of carbonyl (C=O) groups is 1. The Balaban J connectivity index is 1.54. The number of amides is 1. The highest BCUT2D eigenvalue weighted by Crippen LogP contribution is 2.32. The van der Waals surface area contributed by atoms with E-state index in [1.165, 1.54) is 29.5 Å². The van der Waals surface area contributed by atoms with Crippen molar-refractivity contribution in [3.8, 4) is 17.0 Å². The minimum atomic E-state index is -2.70. The van der Waals surface area contributed by atoms with E-state index < -0.39 is 12.2 Å². The number of aromatic amines is 1. The molecule has 0 saturated heterocycles. The van der Waals surface area contributed by atoms with Gasteiger partial charge in [0.05, 0.1) is 23.3 Å². The third-order valence-electron chi connectivity index (χ3n) is 4.16. The van der Waals surface area contributed by atoms with Crippen molar-refractivity contribution in [2.24, 2.45) is 0 Å². The average Bonchev–Trinajstić information content (AvgIpc) is 3.35. The molecule has 0 atom stereocenters. The monoisotopic (exact) mass is 414 g/mol. The van der Waals surface area contributed by atoms with Crippen molar-refractivity contribution in [1.29, 1.82) is 0 Å². The molecule has 0 aliphatic rings. The number of benzene rings is 2. The Kier molecular flexibility index (Phi) is 5.22. The quantitative estimate of drug-likeness (QED) is 0.450. The largest absolute Gasteiger partial charge is 0.493 e. The lowest BCUT2D eigenvalue weighted by atomic mass is 10.1. The van der Waals surface area contributed by atoms with Gasteiger partial charge >= 0.3 is 0 Å². The fraction of sp³-hybridized carbons (Fsp3) is 0.150. The van der Waals surface area contributed by atoms with Crippen molar-refractivity contribution in [2.45, 2.75) is 13.3 Å². The molecular formula is C20H16F2N4O2S. The molecule has 29 heavy (non-hydrogen) atoms. The second kappa shape index (κ2) is 7.96. The molecule has 2 aromatic carbocycles. The van der Waals surface area contributed by atoms with Gasteiger partial charge in [-0.1, -0.05) is 12.1 Å². The molecule has 2 aromatic heterocycles. The number of halogens is 2. The summed E-state index contributed by atoms with van der Waals surface area (Å²) in [5.74, 6) is -0.0908. The topological polar surface area (TPSA) is 79.9 Å². The van der Waals surface area contributed by atoms with Gasteiger partial charge in [-0.2, -0.15) is 0 Å². The van der Waals surface area contributed by atoms with Gasteiger partial charge in [0.25, 0.3) is 12.3 Å². The third kappa shape index (κ3) is 3.95. The molecule has 0 saturated carbocycles. The van der Waals surface area contributed by atoms with Gasteiger partial charge in [-0.05, 0) is 37.3 Å². The Hall–Kier alpha value is -3.33. The summed E-state index contributed by atoms with van der Waals surface area (Å²) < 4.78 is 31.2. The van der Waals surface area contributed by atoms with Gasteiger partial charge in [0.2, 0.25) is 0 Å². The van der Waals surface area contributed by atoms with E-state index in [-0.39, 0.29) is 5.91 Å². The van der Waals surface area contributed by atoms with E-state index in [2.05, 4.69) is 20.3 Å². The van der Waals surface area contributed by atoms with Gasteiger partial charge in [-0.15, -0.1) is 11.3 Å². The first-order valence-electron chi connectivity index (χ1n) is 8.82. The molecule has 148 valence electrons. The summed E-state index contributed by atoms with van der Waals surface area (Å²) >= 11 is 1.29. The summed E-state index contributed by atoms with van der Waals surface area (Å²) in [7, 11) is 0. The zero-order valence-corrected chi connectivity index (χ0v) is 16.1. The number of carbonyl (C=O) groups excluding carboxylic acids is 1. The number of imidazole rings is 1. The number of hydrogen-bond acceptors (Lipinski definition) is 5. The van der Waals surface area contributed by atoms with Crippen LogP contribution >= 0.6 is 11.3 Å². The molecule has 4 rings (SSSR count). The summed E-state index contributed by atoms with van der Waals surface area (Å²) in [6.45, 7) is 2.44. The number of rotatable bonds is 6.